The van der Waals surface area contributed by atoms with Gasteiger partial charge in [-0.15, -0.1) is 0 Å². The number of hydrogen-bond acceptors (Lipinski definition) is 3. The van der Waals surface area contributed by atoms with E-state index in [4.69, 9.17) is 14.2 Å². The van der Waals surface area contributed by atoms with Crippen LogP contribution in [0, 0.1) is 0 Å². The molecule has 0 aromatic rings. The Morgan fingerprint density at radius 1 is 1.00 bits per heavy atom. The van der Waals surface area contributed by atoms with Crippen LogP contribution < -0.4 is 0 Å². The molecule has 2 aliphatic carbocycles. The van der Waals surface area contributed by atoms with E-state index in [0.717, 1.165) is 6.42 Å². The monoisotopic (exact) mass is 286 g/mol. The zero-order valence-electron chi connectivity index (χ0n) is 13.5. The molecule has 1 heterocycles. The van der Waals surface area contributed by atoms with Gasteiger partial charge in [-0.3, -0.25) is 0 Å². The Hall–Kier alpha value is -0.190. The SMILES string of the molecule is CC(C)(C)O[C@@]12CCOC1[C@@]1(OC(C)(C)C)C[C@@]1(F)C2. The largest absolute Gasteiger partial charge is 0.372 e. The van der Waals surface area contributed by atoms with Gasteiger partial charge < -0.3 is 14.2 Å². The Kier molecular flexibility index (Phi) is 2.77. The Morgan fingerprint density at radius 3 is 2.15 bits per heavy atom. The Bertz CT molecular complexity index is 402. The van der Waals surface area contributed by atoms with Crippen molar-refractivity contribution in [3.8, 4) is 0 Å². The molecule has 4 heteroatoms. The molecule has 3 nitrogen and oxygen atoms in total. The number of halogens is 1. The van der Waals surface area contributed by atoms with E-state index < -0.39 is 16.9 Å². The molecule has 4 atom stereocenters. The standard InChI is InChI=1S/C16H27FO3/c1-12(2,3)19-14-7-8-18-11(14)16(20-13(4,5)6)10-15(16,17)9-14/h11H,7-10H2,1-6H3/t11?,14-,15+,16+/m1/s1. The topological polar surface area (TPSA) is 27.7 Å². The highest BCUT2D eigenvalue weighted by Crippen LogP contribution is 2.72. The van der Waals surface area contributed by atoms with E-state index in [1.807, 2.05) is 41.5 Å². The number of hydrogen-bond donors (Lipinski definition) is 0. The summed E-state index contributed by atoms with van der Waals surface area (Å²) < 4.78 is 33.4. The molecular formula is C16H27FO3. The van der Waals surface area contributed by atoms with Gasteiger partial charge in [0.15, 0.2) is 0 Å². The fourth-order valence-electron chi connectivity index (χ4n) is 4.24. The zero-order chi connectivity index (χ0) is 15.0. The van der Waals surface area contributed by atoms with Crippen molar-refractivity contribution in [2.75, 3.05) is 6.61 Å². The molecular weight excluding hydrogens is 259 g/mol. The molecule has 2 saturated carbocycles. The summed E-state index contributed by atoms with van der Waals surface area (Å²) in [6.45, 7) is 12.6. The quantitative estimate of drug-likeness (QED) is 0.778. The lowest BCUT2D eigenvalue weighted by Gasteiger charge is -2.39. The maximum absolute atomic E-state index is 15.1. The van der Waals surface area contributed by atoms with E-state index in [-0.39, 0.29) is 17.3 Å². The number of ether oxygens (including phenoxy) is 3. The minimum absolute atomic E-state index is 0.279. The third-order valence-electron chi connectivity index (χ3n) is 4.46. The van der Waals surface area contributed by atoms with Gasteiger partial charge in [-0.05, 0) is 41.5 Å². The molecule has 1 unspecified atom stereocenters. The van der Waals surface area contributed by atoms with Gasteiger partial charge in [0.25, 0.3) is 0 Å². The van der Waals surface area contributed by atoms with E-state index in [2.05, 4.69) is 0 Å². The van der Waals surface area contributed by atoms with Crippen LogP contribution in [0.2, 0.25) is 0 Å². The summed E-state index contributed by atoms with van der Waals surface area (Å²) in [5.41, 5.74) is -3.28. The van der Waals surface area contributed by atoms with Gasteiger partial charge in [0.05, 0.1) is 17.8 Å². The summed E-state index contributed by atoms with van der Waals surface area (Å²) in [4.78, 5) is 0. The Balaban J connectivity index is 1.90. The lowest BCUT2D eigenvalue weighted by Crippen LogP contribution is -2.50. The van der Waals surface area contributed by atoms with Gasteiger partial charge in [0.2, 0.25) is 0 Å². The lowest BCUT2D eigenvalue weighted by molar-refractivity contribution is -0.194. The van der Waals surface area contributed by atoms with Crippen molar-refractivity contribution >= 4 is 0 Å². The molecule has 3 fully saturated rings. The van der Waals surface area contributed by atoms with Crippen molar-refractivity contribution in [1.82, 2.24) is 0 Å². The van der Waals surface area contributed by atoms with Crippen molar-refractivity contribution in [2.24, 2.45) is 0 Å². The molecule has 0 radical (unpaired) electrons. The smallest absolute Gasteiger partial charge is 0.148 e. The van der Waals surface area contributed by atoms with Crippen molar-refractivity contribution in [3.05, 3.63) is 0 Å². The Labute approximate surface area is 121 Å². The van der Waals surface area contributed by atoms with Gasteiger partial charge in [-0.2, -0.15) is 0 Å². The first-order valence-corrected chi connectivity index (χ1v) is 7.62. The first kappa shape index (κ1) is 14.7. The second kappa shape index (κ2) is 3.76. The number of fused-ring (bicyclic) bond motifs is 3. The molecule has 3 aliphatic rings. The fraction of sp³-hybridized carbons (Fsp3) is 1.00. The second-order valence-electron chi connectivity index (χ2n) is 8.70. The van der Waals surface area contributed by atoms with Crippen molar-refractivity contribution < 1.29 is 18.6 Å². The van der Waals surface area contributed by atoms with Crippen LogP contribution in [-0.2, 0) is 14.2 Å². The van der Waals surface area contributed by atoms with Crippen LogP contribution in [-0.4, -0.2) is 40.8 Å². The summed E-state index contributed by atoms with van der Waals surface area (Å²) in [5.74, 6) is 0. The molecule has 0 aromatic carbocycles. The van der Waals surface area contributed by atoms with Gasteiger partial charge >= 0.3 is 0 Å². The van der Waals surface area contributed by atoms with Crippen molar-refractivity contribution in [1.29, 1.82) is 0 Å². The predicted octanol–water partition coefficient (Wildman–Crippen LogP) is 3.40. The van der Waals surface area contributed by atoms with Crippen LogP contribution in [0.3, 0.4) is 0 Å². The van der Waals surface area contributed by atoms with Crippen LogP contribution >= 0.6 is 0 Å². The fourth-order valence-corrected chi connectivity index (χ4v) is 4.24. The van der Waals surface area contributed by atoms with E-state index >= 15 is 4.39 Å². The highest BCUT2D eigenvalue weighted by Gasteiger charge is 2.86. The van der Waals surface area contributed by atoms with E-state index in [1.54, 1.807) is 0 Å². The summed E-state index contributed by atoms with van der Waals surface area (Å²) in [5, 5.41) is 0. The van der Waals surface area contributed by atoms with Gasteiger partial charge in [-0.25, -0.2) is 4.39 Å². The van der Waals surface area contributed by atoms with Crippen LogP contribution in [0.4, 0.5) is 4.39 Å². The van der Waals surface area contributed by atoms with E-state index in [9.17, 15) is 0 Å². The van der Waals surface area contributed by atoms with Crippen LogP contribution in [0.15, 0.2) is 0 Å². The Morgan fingerprint density at radius 2 is 1.60 bits per heavy atom. The van der Waals surface area contributed by atoms with Gasteiger partial charge in [0.1, 0.15) is 23.0 Å². The molecule has 0 spiro atoms. The minimum atomic E-state index is -1.28. The molecule has 3 rings (SSSR count). The second-order valence-corrected chi connectivity index (χ2v) is 8.70. The minimum Gasteiger partial charge on any atom is -0.372 e. The van der Waals surface area contributed by atoms with Crippen LogP contribution in [0.1, 0.15) is 60.8 Å². The molecule has 1 aliphatic heterocycles. The predicted molar refractivity (Wildman–Crippen MR) is 74.6 cm³/mol. The normalized spacial score (nSPS) is 47.2. The van der Waals surface area contributed by atoms with Gasteiger partial charge in [-0.1, -0.05) is 0 Å². The molecule has 0 amide bonds. The zero-order valence-corrected chi connectivity index (χ0v) is 13.5. The molecule has 1 saturated heterocycles. The number of rotatable bonds is 2. The van der Waals surface area contributed by atoms with Gasteiger partial charge in [0, 0.05) is 19.3 Å². The highest BCUT2D eigenvalue weighted by atomic mass is 19.1. The highest BCUT2D eigenvalue weighted by molar-refractivity contribution is 5.36. The third kappa shape index (κ3) is 2.03. The molecule has 116 valence electrons. The van der Waals surface area contributed by atoms with Crippen LogP contribution in [0.25, 0.3) is 0 Å². The first-order valence-electron chi connectivity index (χ1n) is 7.62. The maximum atomic E-state index is 15.1. The summed E-state index contributed by atoms with van der Waals surface area (Å²) in [7, 11) is 0. The van der Waals surface area contributed by atoms with Crippen LogP contribution in [0.5, 0.6) is 0 Å². The average molecular weight is 286 g/mol. The number of alkyl halides is 1. The van der Waals surface area contributed by atoms with Crippen molar-refractivity contribution in [3.63, 3.8) is 0 Å². The summed E-state index contributed by atoms with van der Waals surface area (Å²) in [6, 6.07) is 0. The molecule has 0 aromatic heterocycles. The van der Waals surface area contributed by atoms with E-state index in [1.165, 1.54) is 0 Å². The average Bonchev–Trinajstić information content (AvgIpc) is 2.48. The summed E-state index contributed by atoms with van der Waals surface area (Å²) >= 11 is 0. The first-order chi connectivity index (χ1) is 8.92. The maximum Gasteiger partial charge on any atom is 0.148 e. The van der Waals surface area contributed by atoms with E-state index in [0.29, 0.717) is 19.4 Å². The lowest BCUT2D eigenvalue weighted by atomic mass is 9.91. The van der Waals surface area contributed by atoms with Crippen molar-refractivity contribution in [2.45, 2.75) is 95.0 Å². The molecule has 0 bridgehead atoms. The molecule has 20 heavy (non-hydrogen) atoms. The summed E-state index contributed by atoms with van der Waals surface area (Å²) in [6.07, 6.45) is 1.32. The third-order valence-corrected chi connectivity index (χ3v) is 4.46. The molecule has 0 N–H and O–H groups in total.